The Morgan fingerprint density at radius 1 is 0.844 bits per heavy atom. The zero-order chi connectivity index (χ0) is 24.7. The maximum absolute atomic E-state index is 6.02. The number of halogens is 1. The van der Waals surface area contributed by atoms with Gasteiger partial charge in [-0.3, -0.25) is 9.56 Å². The topological polar surface area (TPSA) is 52.3 Å². The number of hydrogen-bond donors (Lipinski definition) is 0. The number of hydrogen-bond acceptors (Lipinski definition) is 4. The van der Waals surface area contributed by atoms with Crippen LogP contribution in [0.1, 0.15) is 78.2 Å². The van der Waals surface area contributed by atoms with Crippen LogP contribution in [-0.2, 0) is 6.54 Å². The molecule has 0 aliphatic carbocycles. The van der Waals surface area contributed by atoms with Crippen LogP contribution in [0.5, 0.6) is 5.75 Å². The van der Waals surface area contributed by atoms with Gasteiger partial charge in [-0.05, 0) is 37.3 Å². The van der Waals surface area contributed by atoms with E-state index >= 15 is 0 Å². The number of ether oxygens (including phenoxy) is 1. The van der Waals surface area contributed by atoms with E-state index in [2.05, 4.69) is 10.2 Å². The molecule has 0 saturated heterocycles. The van der Waals surface area contributed by atoms with E-state index < -0.39 is 0 Å². The number of aliphatic imine (C=N–C) groups is 1. The Kier molecular flexibility index (Phi) is 14.7. The highest BCUT2D eigenvalue weighted by Gasteiger charge is 2.22. The van der Waals surface area contributed by atoms with E-state index in [1.54, 1.807) is 7.11 Å². The van der Waals surface area contributed by atoms with Gasteiger partial charge >= 0.3 is 0 Å². The highest BCUT2D eigenvalue weighted by atomic mass is 35.5. The van der Waals surface area contributed by atoms with Gasteiger partial charge in [0.15, 0.2) is 5.82 Å². The summed E-state index contributed by atoms with van der Waals surface area (Å²) >= 11 is 6.02. The molecule has 1 aliphatic heterocycles. The monoisotopic (exact) mass is 458 g/mol. The second-order valence-corrected chi connectivity index (χ2v) is 5.99. The summed E-state index contributed by atoms with van der Waals surface area (Å²) in [7, 11) is 1.66. The van der Waals surface area contributed by atoms with E-state index in [9.17, 15) is 0 Å². The maximum Gasteiger partial charge on any atom is 0.159 e. The first-order chi connectivity index (χ1) is 15.7. The van der Waals surface area contributed by atoms with Crippen LogP contribution in [0.25, 0.3) is 5.69 Å². The van der Waals surface area contributed by atoms with Crippen molar-refractivity contribution in [2.45, 2.75) is 68.9 Å². The zero-order valence-corrected chi connectivity index (χ0v) is 22.1. The molecule has 0 spiro atoms. The van der Waals surface area contributed by atoms with Crippen LogP contribution in [0.15, 0.2) is 47.5 Å². The van der Waals surface area contributed by atoms with Gasteiger partial charge in [0.2, 0.25) is 0 Å². The Hall–Kier alpha value is -2.66. The summed E-state index contributed by atoms with van der Waals surface area (Å²) in [6.07, 6.45) is 0. The minimum Gasteiger partial charge on any atom is -0.497 e. The molecule has 4 rings (SSSR count). The Morgan fingerprint density at radius 2 is 1.44 bits per heavy atom. The minimum absolute atomic E-state index is 0.468. The van der Waals surface area contributed by atoms with Gasteiger partial charge in [-0.2, -0.15) is 0 Å². The molecule has 0 atom stereocenters. The smallest absolute Gasteiger partial charge is 0.159 e. The average Bonchev–Trinajstić information content (AvgIpc) is 3.16. The van der Waals surface area contributed by atoms with E-state index in [0.717, 1.165) is 39.9 Å². The molecule has 1 aliphatic rings. The van der Waals surface area contributed by atoms with Crippen molar-refractivity contribution in [2.24, 2.45) is 4.99 Å². The molecule has 2 heterocycles. The highest BCUT2D eigenvalue weighted by Crippen LogP contribution is 2.29. The van der Waals surface area contributed by atoms with Gasteiger partial charge < -0.3 is 4.74 Å². The molecule has 32 heavy (non-hydrogen) atoms. The summed E-state index contributed by atoms with van der Waals surface area (Å²) in [5.41, 5.74) is 3.88. The van der Waals surface area contributed by atoms with Crippen LogP contribution >= 0.6 is 11.6 Å². The lowest BCUT2D eigenvalue weighted by Crippen LogP contribution is -2.08. The molecule has 2 aromatic carbocycles. The molecule has 176 valence electrons. The van der Waals surface area contributed by atoms with Crippen molar-refractivity contribution >= 4 is 17.3 Å². The van der Waals surface area contributed by atoms with E-state index in [4.69, 9.17) is 21.3 Å². The summed E-state index contributed by atoms with van der Waals surface area (Å²) in [6, 6.07) is 13.6. The molecule has 0 saturated carbocycles. The van der Waals surface area contributed by atoms with Crippen LogP contribution in [0.3, 0.4) is 0 Å². The van der Waals surface area contributed by atoms with Gasteiger partial charge in [-0.15, -0.1) is 10.2 Å². The summed E-state index contributed by atoms with van der Waals surface area (Å²) in [4.78, 5) is 4.79. The van der Waals surface area contributed by atoms with E-state index in [1.807, 2.05) is 109 Å². The predicted molar refractivity (Wildman–Crippen MR) is 139 cm³/mol. The Labute approximate surface area is 199 Å². The number of rotatable bonds is 2. The molecule has 3 aromatic rings. The van der Waals surface area contributed by atoms with Crippen molar-refractivity contribution in [1.29, 1.82) is 0 Å². The first kappa shape index (κ1) is 29.3. The quantitative estimate of drug-likeness (QED) is 0.395. The number of benzene rings is 2. The van der Waals surface area contributed by atoms with Gasteiger partial charge in [0.1, 0.15) is 18.1 Å². The first-order valence-electron chi connectivity index (χ1n) is 11.6. The van der Waals surface area contributed by atoms with Gasteiger partial charge in [0.25, 0.3) is 0 Å². The van der Waals surface area contributed by atoms with E-state index in [0.29, 0.717) is 11.6 Å². The molecule has 1 aromatic heterocycles. The predicted octanol–water partition coefficient (Wildman–Crippen LogP) is 7.69. The molecule has 0 bridgehead atoms. The fourth-order valence-corrected chi connectivity index (χ4v) is 3.06. The van der Waals surface area contributed by atoms with Crippen LogP contribution < -0.4 is 4.74 Å². The average molecular weight is 459 g/mol. The summed E-state index contributed by atoms with van der Waals surface area (Å²) in [6.45, 7) is 18.4. The van der Waals surface area contributed by atoms with Gasteiger partial charge in [0, 0.05) is 16.1 Å². The molecule has 0 amide bonds. The van der Waals surface area contributed by atoms with Crippen molar-refractivity contribution in [2.75, 3.05) is 7.11 Å². The number of methoxy groups -OCH3 is 1. The largest absolute Gasteiger partial charge is 0.497 e. The fraction of sp³-hybridized carbons (Fsp3) is 0.423. The number of aromatic nitrogens is 3. The lowest BCUT2D eigenvalue weighted by atomic mass is 10.00. The zero-order valence-electron chi connectivity index (χ0n) is 21.3. The van der Waals surface area contributed by atoms with Crippen molar-refractivity contribution in [3.8, 4) is 11.4 Å². The summed E-state index contributed by atoms with van der Waals surface area (Å²) in [5.74, 6) is 2.44. The van der Waals surface area contributed by atoms with E-state index in [-0.39, 0.29) is 0 Å². The summed E-state index contributed by atoms with van der Waals surface area (Å²) in [5, 5.41) is 9.14. The third-order valence-electron chi connectivity index (χ3n) is 4.09. The standard InChI is InChI=1S/C18H15ClN4O.4C2H6/c1-11-21-22-17-10-20-18(12-3-5-13(19)6-4-12)15-9-14(24-2)7-8-16(15)23(11)17;4*1-2/h3-9H,10H2,1-2H3;4*1-2H3. The maximum atomic E-state index is 6.02. The lowest BCUT2D eigenvalue weighted by molar-refractivity contribution is 0.414. The van der Waals surface area contributed by atoms with Crippen molar-refractivity contribution < 1.29 is 4.74 Å². The first-order valence-corrected chi connectivity index (χ1v) is 12.0. The second-order valence-electron chi connectivity index (χ2n) is 5.55. The Morgan fingerprint density at radius 3 is 2.00 bits per heavy atom. The van der Waals surface area contributed by atoms with Crippen molar-refractivity contribution in [1.82, 2.24) is 14.8 Å². The Balaban J connectivity index is 0.00000109. The molecular formula is C26H39ClN4O. The molecule has 6 heteroatoms. The van der Waals surface area contributed by atoms with Crippen LogP contribution in [0.2, 0.25) is 5.02 Å². The van der Waals surface area contributed by atoms with Gasteiger partial charge in [-0.25, -0.2) is 0 Å². The molecule has 0 fully saturated rings. The van der Waals surface area contributed by atoms with Crippen LogP contribution in [0, 0.1) is 6.92 Å². The van der Waals surface area contributed by atoms with Crippen molar-refractivity contribution in [3.05, 3.63) is 70.3 Å². The third-order valence-corrected chi connectivity index (χ3v) is 4.34. The molecule has 5 nitrogen and oxygen atoms in total. The number of aryl methyl sites for hydroxylation is 1. The second kappa shape index (κ2) is 16.0. The SMILES string of the molecule is CC.CC.CC.CC.COc1ccc2c(c1)C(c1ccc(Cl)cc1)=NCc1nnc(C)n1-2. The van der Waals surface area contributed by atoms with Crippen LogP contribution in [-0.4, -0.2) is 27.6 Å². The normalized spacial score (nSPS) is 10.4. The summed E-state index contributed by atoms with van der Waals surface area (Å²) < 4.78 is 7.45. The number of nitrogens with zero attached hydrogens (tertiary/aromatic N) is 4. The van der Waals surface area contributed by atoms with Gasteiger partial charge in [0.05, 0.1) is 18.5 Å². The number of fused-ring (bicyclic) bond motifs is 3. The molecule has 0 unspecified atom stereocenters. The highest BCUT2D eigenvalue weighted by molar-refractivity contribution is 6.30. The third kappa shape index (κ3) is 6.92. The molecular weight excluding hydrogens is 420 g/mol. The minimum atomic E-state index is 0.468. The van der Waals surface area contributed by atoms with Crippen molar-refractivity contribution in [3.63, 3.8) is 0 Å². The molecule has 0 N–H and O–H groups in total. The van der Waals surface area contributed by atoms with E-state index in [1.165, 1.54) is 0 Å². The lowest BCUT2D eigenvalue weighted by Gasteiger charge is -2.14. The van der Waals surface area contributed by atoms with Crippen LogP contribution in [0.4, 0.5) is 0 Å². The molecule has 0 radical (unpaired) electrons. The van der Waals surface area contributed by atoms with Gasteiger partial charge in [-0.1, -0.05) is 79.1 Å². The Bertz CT molecular complexity index is 947. The fourth-order valence-electron chi connectivity index (χ4n) is 2.94.